The van der Waals surface area contributed by atoms with Crippen LogP contribution in [0, 0.1) is 12.7 Å². The molecule has 0 saturated carbocycles. The van der Waals surface area contributed by atoms with E-state index in [1.807, 2.05) is 23.1 Å². The number of ether oxygens (including phenoxy) is 1. The van der Waals surface area contributed by atoms with Gasteiger partial charge in [0.15, 0.2) is 0 Å². The lowest BCUT2D eigenvalue weighted by Gasteiger charge is -2.32. The zero-order valence-electron chi connectivity index (χ0n) is 19.0. The smallest absolute Gasteiger partial charge is 0.244 e. The molecule has 0 atom stereocenters. The molecule has 2 heterocycles. The second-order valence-electron chi connectivity index (χ2n) is 8.43. The van der Waals surface area contributed by atoms with Gasteiger partial charge >= 0.3 is 0 Å². The highest BCUT2D eigenvalue weighted by molar-refractivity contribution is 5.76. The van der Waals surface area contributed by atoms with Crippen LogP contribution in [0.4, 0.5) is 4.39 Å². The zero-order chi connectivity index (χ0) is 22.7. The maximum Gasteiger partial charge on any atom is 0.244 e. The molecular weight excluding hydrogens is 405 g/mol. The molecule has 1 aromatic heterocycles. The molecule has 0 unspecified atom stereocenters. The molecule has 0 spiro atoms. The minimum atomic E-state index is -0.226. The Labute approximate surface area is 188 Å². The number of likely N-dealkylation sites (tertiary alicyclic amines) is 1. The summed E-state index contributed by atoms with van der Waals surface area (Å²) in [6.45, 7) is 5.51. The standard InChI is InChI=1S/C26H30FN3O2/c1-4-22-16-25(21-8-9-24(27)18(2)14-21)28-30(22)17-26(31)29-12-10-19(11-13-29)20-6-5-7-23(15-20)32-3/h5-9,14-16,19H,4,10-13,17H2,1-3H3. The molecule has 1 fully saturated rings. The van der Waals surface area contributed by atoms with Gasteiger partial charge in [0.05, 0.1) is 12.8 Å². The Kier molecular flexibility index (Phi) is 6.58. The van der Waals surface area contributed by atoms with Gasteiger partial charge in [-0.2, -0.15) is 5.10 Å². The van der Waals surface area contributed by atoms with Crippen LogP contribution in [0.15, 0.2) is 48.5 Å². The van der Waals surface area contributed by atoms with Crippen LogP contribution in [0.3, 0.4) is 0 Å². The largest absolute Gasteiger partial charge is 0.497 e. The number of piperidine rings is 1. The van der Waals surface area contributed by atoms with Crippen molar-refractivity contribution in [3.63, 3.8) is 0 Å². The Hall–Kier alpha value is -3.15. The number of methoxy groups -OCH3 is 1. The van der Waals surface area contributed by atoms with E-state index in [1.165, 1.54) is 11.6 Å². The minimum Gasteiger partial charge on any atom is -0.497 e. The van der Waals surface area contributed by atoms with Gasteiger partial charge in [0.2, 0.25) is 5.91 Å². The summed E-state index contributed by atoms with van der Waals surface area (Å²) in [5.74, 6) is 1.18. The van der Waals surface area contributed by atoms with Crippen molar-refractivity contribution in [3.05, 3.63) is 71.2 Å². The average molecular weight is 436 g/mol. The lowest BCUT2D eigenvalue weighted by Crippen LogP contribution is -2.40. The van der Waals surface area contributed by atoms with Crippen LogP contribution in [0.5, 0.6) is 5.75 Å². The topological polar surface area (TPSA) is 47.4 Å². The van der Waals surface area contributed by atoms with Gasteiger partial charge in [-0.3, -0.25) is 9.48 Å². The van der Waals surface area contributed by atoms with E-state index in [0.29, 0.717) is 11.5 Å². The SMILES string of the molecule is CCc1cc(-c2ccc(F)c(C)c2)nn1CC(=O)N1CCC(c2cccc(OC)c2)CC1. The number of carbonyl (C=O) groups excluding carboxylic acids is 1. The van der Waals surface area contributed by atoms with E-state index < -0.39 is 0 Å². The Morgan fingerprint density at radius 1 is 1.16 bits per heavy atom. The summed E-state index contributed by atoms with van der Waals surface area (Å²) < 4.78 is 20.8. The zero-order valence-corrected chi connectivity index (χ0v) is 19.0. The van der Waals surface area contributed by atoms with E-state index in [2.05, 4.69) is 24.2 Å². The molecule has 3 aromatic rings. The first-order valence-electron chi connectivity index (χ1n) is 11.2. The fourth-order valence-electron chi connectivity index (χ4n) is 4.41. The lowest BCUT2D eigenvalue weighted by molar-refractivity contribution is -0.133. The lowest BCUT2D eigenvalue weighted by atomic mass is 9.89. The van der Waals surface area contributed by atoms with Crippen molar-refractivity contribution in [2.45, 2.75) is 45.6 Å². The molecule has 0 bridgehead atoms. The van der Waals surface area contributed by atoms with Gasteiger partial charge in [0.25, 0.3) is 0 Å². The van der Waals surface area contributed by atoms with Crippen LogP contribution >= 0.6 is 0 Å². The Morgan fingerprint density at radius 3 is 2.62 bits per heavy atom. The summed E-state index contributed by atoms with van der Waals surface area (Å²) in [5.41, 5.74) is 4.50. The molecule has 4 rings (SSSR count). The number of hydrogen-bond acceptors (Lipinski definition) is 3. The molecule has 32 heavy (non-hydrogen) atoms. The van der Waals surface area contributed by atoms with E-state index >= 15 is 0 Å². The predicted octanol–water partition coefficient (Wildman–Crippen LogP) is 4.97. The van der Waals surface area contributed by atoms with E-state index in [4.69, 9.17) is 4.74 Å². The van der Waals surface area contributed by atoms with Crippen molar-refractivity contribution >= 4 is 5.91 Å². The predicted molar refractivity (Wildman–Crippen MR) is 123 cm³/mol. The molecule has 2 aromatic carbocycles. The van der Waals surface area contributed by atoms with Gasteiger partial charge in [-0.15, -0.1) is 0 Å². The highest BCUT2D eigenvalue weighted by Gasteiger charge is 2.25. The van der Waals surface area contributed by atoms with Crippen molar-refractivity contribution in [2.24, 2.45) is 0 Å². The second-order valence-corrected chi connectivity index (χ2v) is 8.43. The third-order valence-electron chi connectivity index (χ3n) is 6.38. The van der Waals surface area contributed by atoms with Crippen molar-refractivity contribution in [1.82, 2.24) is 14.7 Å². The molecule has 6 heteroatoms. The maximum atomic E-state index is 13.6. The number of aryl methyl sites for hydroxylation is 2. The monoisotopic (exact) mass is 435 g/mol. The first-order chi connectivity index (χ1) is 15.5. The normalized spacial score (nSPS) is 14.6. The molecular formula is C26H30FN3O2. The summed E-state index contributed by atoms with van der Waals surface area (Å²) in [7, 11) is 1.68. The molecule has 5 nitrogen and oxygen atoms in total. The summed E-state index contributed by atoms with van der Waals surface area (Å²) >= 11 is 0. The number of aromatic nitrogens is 2. The van der Waals surface area contributed by atoms with Gasteiger partial charge in [-0.1, -0.05) is 19.1 Å². The van der Waals surface area contributed by atoms with Crippen LogP contribution in [0.1, 0.15) is 42.5 Å². The molecule has 1 aliphatic heterocycles. The van der Waals surface area contributed by atoms with Crippen LogP contribution in [0.25, 0.3) is 11.3 Å². The number of benzene rings is 2. The van der Waals surface area contributed by atoms with Crippen molar-refractivity contribution in [1.29, 1.82) is 0 Å². The highest BCUT2D eigenvalue weighted by Crippen LogP contribution is 2.30. The quantitative estimate of drug-likeness (QED) is 0.549. The minimum absolute atomic E-state index is 0.0914. The van der Waals surface area contributed by atoms with Crippen LogP contribution in [-0.2, 0) is 17.8 Å². The van der Waals surface area contributed by atoms with Crippen LogP contribution in [0.2, 0.25) is 0 Å². The number of rotatable bonds is 6. The Bertz CT molecular complexity index is 1100. The molecule has 168 valence electrons. The van der Waals surface area contributed by atoms with E-state index in [9.17, 15) is 9.18 Å². The summed E-state index contributed by atoms with van der Waals surface area (Å²) in [6.07, 6.45) is 2.66. The summed E-state index contributed by atoms with van der Waals surface area (Å²) in [5, 5.41) is 4.67. The van der Waals surface area contributed by atoms with Gasteiger partial charge in [-0.05, 0) is 79.6 Å². The number of nitrogens with zero attached hydrogens (tertiary/aromatic N) is 3. The molecule has 1 saturated heterocycles. The highest BCUT2D eigenvalue weighted by atomic mass is 19.1. The second kappa shape index (κ2) is 9.55. The van der Waals surface area contributed by atoms with Crippen LogP contribution in [-0.4, -0.2) is 40.8 Å². The van der Waals surface area contributed by atoms with Gasteiger partial charge < -0.3 is 9.64 Å². The molecule has 1 aliphatic rings. The fourth-order valence-corrected chi connectivity index (χ4v) is 4.41. The third kappa shape index (κ3) is 4.69. The van der Waals surface area contributed by atoms with Crippen molar-refractivity contribution in [2.75, 3.05) is 20.2 Å². The van der Waals surface area contributed by atoms with Gasteiger partial charge in [0, 0.05) is 24.3 Å². The summed E-state index contributed by atoms with van der Waals surface area (Å²) in [6, 6.07) is 15.2. The average Bonchev–Trinajstić information content (AvgIpc) is 3.23. The van der Waals surface area contributed by atoms with Crippen molar-refractivity contribution in [3.8, 4) is 17.0 Å². The Morgan fingerprint density at radius 2 is 1.94 bits per heavy atom. The number of amides is 1. The Balaban J connectivity index is 1.42. The number of halogens is 1. The molecule has 1 amide bonds. The van der Waals surface area contributed by atoms with E-state index in [0.717, 1.165) is 55.1 Å². The maximum absolute atomic E-state index is 13.6. The number of carbonyl (C=O) groups is 1. The van der Waals surface area contributed by atoms with Crippen LogP contribution < -0.4 is 4.74 Å². The number of hydrogen-bond donors (Lipinski definition) is 0. The van der Waals surface area contributed by atoms with Gasteiger partial charge in [-0.25, -0.2) is 4.39 Å². The third-order valence-corrected chi connectivity index (χ3v) is 6.38. The van der Waals surface area contributed by atoms with Gasteiger partial charge in [0.1, 0.15) is 18.1 Å². The molecule has 0 radical (unpaired) electrons. The van der Waals surface area contributed by atoms with E-state index in [-0.39, 0.29) is 18.3 Å². The first kappa shape index (κ1) is 22.1. The van der Waals surface area contributed by atoms with Crippen molar-refractivity contribution < 1.29 is 13.9 Å². The van der Waals surface area contributed by atoms with E-state index in [1.54, 1.807) is 30.8 Å². The fraction of sp³-hybridized carbons (Fsp3) is 0.385. The molecule has 0 aliphatic carbocycles. The first-order valence-corrected chi connectivity index (χ1v) is 11.2. The summed E-state index contributed by atoms with van der Waals surface area (Å²) in [4.78, 5) is 15.0. The molecule has 0 N–H and O–H groups in total.